The summed E-state index contributed by atoms with van der Waals surface area (Å²) in [6.07, 6.45) is 6.27. The van der Waals surface area contributed by atoms with Crippen LogP contribution in [0.1, 0.15) is 33.1 Å². The van der Waals surface area contributed by atoms with E-state index in [0.717, 1.165) is 0 Å². The number of nitrogens with zero attached hydrogens (tertiary/aromatic N) is 1. The summed E-state index contributed by atoms with van der Waals surface area (Å²) in [4.78, 5) is 2.40. The van der Waals surface area contributed by atoms with Crippen molar-refractivity contribution in [2.45, 2.75) is 33.1 Å². The predicted molar refractivity (Wildman–Crippen MR) is 44.9 cm³/mol. The highest BCUT2D eigenvalue weighted by Gasteiger charge is 2.15. The van der Waals surface area contributed by atoms with Gasteiger partial charge in [0, 0.05) is 18.8 Å². The zero-order valence-corrected chi connectivity index (χ0v) is 7.06. The Morgan fingerprint density at radius 1 is 1.50 bits per heavy atom. The van der Waals surface area contributed by atoms with E-state index in [1.165, 1.54) is 38.0 Å². The molecule has 0 aromatic rings. The van der Waals surface area contributed by atoms with Crippen LogP contribution in [0.5, 0.6) is 0 Å². The normalized spacial score (nSPS) is 17.8. The predicted octanol–water partition coefficient (Wildman–Crippen LogP) is 2.40. The van der Waals surface area contributed by atoms with Crippen LogP contribution in [0.15, 0.2) is 11.8 Å². The molecule has 0 unspecified atom stereocenters. The van der Waals surface area contributed by atoms with Crippen molar-refractivity contribution in [3.63, 3.8) is 0 Å². The van der Waals surface area contributed by atoms with E-state index in [0.29, 0.717) is 0 Å². The zero-order chi connectivity index (χ0) is 7.40. The molecule has 1 saturated heterocycles. The van der Waals surface area contributed by atoms with Crippen LogP contribution in [0, 0.1) is 0 Å². The SMILES string of the molecule is CCCCC=C(C)N1CC1. The lowest BCUT2D eigenvalue weighted by Gasteiger charge is -2.00. The minimum absolute atomic E-state index is 1.26. The molecule has 0 bridgehead atoms. The molecule has 1 rings (SSSR count). The third kappa shape index (κ3) is 2.42. The molecular weight excluding hydrogens is 122 g/mol. The van der Waals surface area contributed by atoms with Gasteiger partial charge in [-0.1, -0.05) is 25.8 Å². The molecule has 0 amide bonds. The fourth-order valence-corrected chi connectivity index (χ4v) is 1.05. The molecular formula is C9H17N. The molecule has 0 atom stereocenters. The molecule has 0 aromatic carbocycles. The highest BCUT2D eigenvalue weighted by Crippen LogP contribution is 2.14. The quantitative estimate of drug-likeness (QED) is 0.427. The Balaban J connectivity index is 2.11. The number of allylic oxidation sites excluding steroid dienone is 2. The van der Waals surface area contributed by atoms with E-state index >= 15 is 0 Å². The van der Waals surface area contributed by atoms with Crippen LogP contribution >= 0.6 is 0 Å². The van der Waals surface area contributed by atoms with Crippen molar-refractivity contribution in [3.8, 4) is 0 Å². The van der Waals surface area contributed by atoms with Gasteiger partial charge < -0.3 is 4.90 Å². The lowest BCUT2D eigenvalue weighted by atomic mass is 10.2. The molecule has 0 aliphatic carbocycles. The van der Waals surface area contributed by atoms with Crippen molar-refractivity contribution in [2.75, 3.05) is 13.1 Å². The fourth-order valence-electron chi connectivity index (χ4n) is 1.05. The largest absolute Gasteiger partial charge is 0.372 e. The fraction of sp³-hybridized carbons (Fsp3) is 0.778. The Hall–Kier alpha value is -0.460. The Morgan fingerprint density at radius 2 is 2.20 bits per heavy atom. The van der Waals surface area contributed by atoms with Gasteiger partial charge in [-0.05, 0) is 13.3 Å². The second-order valence-corrected chi connectivity index (χ2v) is 2.97. The summed E-state index contributed by atoms with van der Waals surface area (Å²) in [5, 5.41) is 0. The van der Waals surface area contributed by atoms with Gasteiger partial charge in [-0.3, -0.25) is 0 Å². The van der Waals surface area contributed by atoms with Crippen molar-refractivity contribution < 1.29 is 0 Å². The third-order valence-corrected chi connectivity index (χ3v) is 1.94. The minimum atomic E-state index is 1.26. The van der Waals surface area contributed by atoms with Gasteiger partial charge in [-0.15, -0.1) is 0 Å². The Kier molecular flexibility index (Phi) is 2.79. The topological polar surface area (TPSA) is 3.01 Å². The molecule has 1 heterocycles. The number of hydrogen-bond donors (Lipinski definition) is 0. The van der Waals surface area contributed by atoms with Crippen molar-refractivity contribution in [2.24, 2.45) is 0 Å². The van der Waals surface area contributed by atoms with Crippen LogP contribution in [0.3, 0.4) is 0 Å². The second kappa shape index (κ2) is 3.65. The van der Waals surface area contributed by atoms with Crippen LogP contribution in [-0.2, 0) is 0 Å². The second-order valence-electron chi connectivity index (χ2n) is 2.97. The van der Waals surface area contributed by atoms with Crippen LogP contribution < -0.4 is 0 Å². The summed E-state index contributed by atoms with van der Waals surface area (Å²) in [7, 11) is 0. The van der Waals surface area contributed by atoms with Crippen LogP contribution in [0.4, 0.5) is 0 Å². The van der Waals surface area contributed by atoms with Gasteiger partial charge in [-0.2, -0.15) is 0 Å². The Bertz CT molecular complexity index is 123. The minimum Gasteiger partial charge on any atom is -0.372 e. The lowest BCUT2D eigenvalue weighted by Crippen LogP contribution is -1.90. The maximum Gasteiger partial charge on any atom is 0.0351 e. The standard InChI is InChI=1S/C9H17N/c1-3-4-5-6-9(2)10-7-8-10/h6H,3-5,7-8H2,1-2H3. The molecule has 58 valence electrons. The van der Waals surface area contributed by atoms with E-state index in [-0.39, 0.29) is 0 Å². The van der Waals surface area contributed by atoms with Crippen molar-refractivity contribution >= 4 is 0 Å². The maximum atomic E-state index is 2.40. The Labute approximate surface area is 63.7 Å². The first-order chi connectivity index (χ1) is 4.84. The smallest absolute Gasteiger partial charge is 0.0351 e. The zero-order valence-electron chi connectivity index (χ0n) is 7.06. The number of hydrogen-bond acceptors (Lipinski definition) is 1. The monoisotopic (exact) mass is 139 g/mol. The van der Waals surface area contributed by atoms with Gasteiger partial charge in [0.25, 0.3) is 0 Å². The molecule has 1 heteroatoms. The summed E-state index contributed by atoms with van der Waals surface area (Å²) >= 11 is 0. The lowest BCUT2D eigenvalue weighted by molar-refractivity contribution is 0.683. The van der Waals surface area contributed by atoms with E-state index in [1.54, 1.807) is 0 Å². The molecule has 0 spiro atoms. The third-order valence-electron chi connectivity index (χ3n) is 1.94. The average molecular weight is 139 g/mol. The van der Waals surface area contributed by atoms with Crippen LogP contribution in [-0.4, -0.2) is 18.0 Å². The van der Waals surface area contributed by atoms with E-state index < -0.39 is 0 Å². The van der Waals surface area contributed by atoms with Crippen molar-refractivity contribution in [3.05, 3.63) is 11.8 Å². The highest BCUT2D eigenvalue weighted by atomic mass is 15.3. The van der Waals surface area contributed by atoms with E-state index in [4.69, 9.17) is 0 Å². The Morgan fingerprint density at radius 3 is 2.70 bits per heavy atom. The molecule has 1 aliphatic rings. The molecule has 1 fully saturated rings. The molecule has 0 radical (unpaired) electrons. The first-order valence-electron chi connectivity index (χ1n) is 4.26. The number of unbranched alkanes of at least 4 members (excludes halogenated alkanes) is 2. The van der Waals surface area contributed by atoms with Gasteiger partial charge in [0.2, 0.25) is 0 Å². The van der Waals surface area contributed by atoms with Crippen LogP contribution in [0.25, 0.3) is 0 Å². The summed E-state index contributed by atoms with van der Waals surface area (Å²) < 4.78 is 0. The van der Waals surface area contributed by atoms with Gasteiger partial charge in [0.1, 0.15) is 0 Å². The first kappa shape index (κ1) is 7.64. The summed E-state index contributed by atoms with van der Waals surface area (Å²) in [5.41, 5.74) is 1.48. The summed E-state index contributed by atoms with van der Waals surface area (Å²) in [5.74, 6) is 0. The van der Waals surface area contributed by atoms with Gasteiger partial charge >= 0.3 is 0 Å². The maximum absolute atomic E-state index is 2.40. The molecule has 0 aromatic heterocycles. The summed E-state index contributed by atoms with van der Waals surface area (Å²) in [6, 6.07) is 0. The van der Waals surface area contributed by atoms with E-state index in [2.05, 4.69) is 24.8 Å². The summed E-state index contributed by atoms with van der Waals surface area (Å²) in [6.45, 7) is 7.02. The molecule has 1 nitrogen and oxygen atoms in total. The molecule has 10 heavy (non-hydrogen) atoms. The van der Waals surface area contributed by atoms with Gasteiger partial charge in [0.15, 0.2) is 0 Å². The van der Waals surface area contributed by atoms with E-state index in [1.807, 2.05) is 0 Å². The molecule has 0 saturated carbocycles. The van der Waals surface area contributed by atoms with Gasteiger partial charge in [-0.25, -0.2) is 0 Å². The average Bonchev–Trinajstić information content (AvgIpc) is 2.69. The van der Waals surface area contributed by atoms with Crippen LogP contribution in [0.2, 0.25) is 0 Å². The first-order valence-corrected chi connectivity index (χ1v) is 4.26. The van der Waals surface area contributed by atoms with Crippen molar-refractivity contribution in [1.82, 2.24) is 4.90 Å². The molecule has 1 aliphatic heterocycles. The van der Waals surface area contributed by atoms with Gasteiger partial charge in [0.05, 0.1) is 0 Å². The molecule has 0 N–H and O–H groups in total. The van der Waals surface area contributed by atoms with Crippen molar-refractivity contribution in [1.29, 1.82) is 0 Å². The number of rotatable bonds is 4. The highest BCUT2D eigenvalue weighted by molar-refractivity contribution is 5.03. The van der Waals surface area contributed by atoms with E-state index in [9.17, 15) is 0 Å².